The van der Waals surface area contributed by atoms with Crippen molar-refractivity contribution < 1.29 is 14.7 Å². The molecule has 0 aromatic rings. The molecule has 2 rings (SSSR count). The van der Waals surface area contributed by atoms with Crippen LogP contribution in [-0.2, 0) is 9.59 Å². The maximum atomic E-state index is 12.4. The van der Waals surface area contributed by atoms with Crippen molar-refractivity contribution in [2.45, 2.75) is 32.6 Å². The first-order valence-corrected chi connectivity index (χ1v) is 6.74. The van der Waals surface area contributed by atoms with E-state index in [0.29, 0.717) is 19.5 Å². The number of piperidine rings is 1. The van der Waals surface area contributed by atoms with Crippen molar-refractivity contribution in [1.29, 1.82) is 0 Å². The van der Waals surface area contributed by atoms with Crippen LogP contribution in [0.5, 0.6) is 0 Å². The fourth-order valence-electron chi connectivity index (χ4n) is 2.99. The number of carbonyl (C=O) groups is 2. The van der Waals surface area contributed by atoms with Crippen LogP contribution in [0.2, 0.25) is 0 Å². The summed E-state index contributed by atoms with van der Waals surface area (Å²) < 4.78 is 0. The number of hydrogen-bond acceptors (Lipinski definition) is 2. The van der Waals surface area contributed by atoms with E-state index in [1.165, 1.54) is 0 Å². The maximum absolute atomic E-state index is 12.4. The molecular formula is C14H21NO3. The summed E-state index contributed by atoms with van der Waals surface area (Å²) >= 11 is 0. The quantitative estimate of drug-likeness (QED) is 0.763. The summed E-state index contributed by atoms with van der Waals surface area (Å²) in [5, 5.41) is 9.12. The van der Waals surface area contributed by atoms with Gasteiger partial charge in [-0.25, -0.2) is 0 Å². The minimum absolute atomic E-state index is 0.0646. The summed E-state index contributed by atoms with van der Waals surface area (Å²) in [6, 6.07) is 0. The van der Waals surface area contributed by atoms with Gasteiger partial charge in [-0.2, -0.15) is 0 Å². The molecule has 3 atom stereocenters. The minimum Gasteiger partial charge on any atom is -0.481 e. The van der Waals surface area contributed by atoms with Crippen molar-refractivity contribution in [3.63, 3.8) is 0 Å². The van der Waals surface area contributed by atoms with E-state index >= 15 is 0 Å². The zero-order valence-electron chi connectivity index (χ0n) is 10.8. The van der Waals surface area contributed by atoms with E-state index in [2.05, 4.69) is 12.2 Å². The van der Waals surface area contributed by atoms with Crippen molar-refractivity contribution in [2.75, 3.05) is 13.1 Å². The molecule has 0 aromatic heterocycles. The zero-order valence-corrected chi connectivity index (χ0v) is 10.8. The van der Waals surface area contributed by atoms with Crippen LogP contribution in [0, 0.1) is 17.8 Å². The number of carbonyl (C=O) groups excluding carboxylic acids is 1. The molecule has 0 radical (unpaired) electrons. The molecule has 0 aromatic carbocycles. The van der Waals surface area contributed by atoms with Gasteiger partial charge in [0.15, 0.2) is 0 Å². The second-order valence-electron chi connectivity index (χ2n) is 5.60. The SMILES string of the molecule is CC1CC(C(=O)O)CN(C(=O)C2CC=CCC2)C1. The van der Waals surface area contributed by atoms with Crippen LogP contribution in [-0.4, -0.2) is 35.0 Å². The van der Waals surface area contributed by atoms with Gasteiger partial charge >= 0.3 is 5.97 Å². The van der Waals surface area contributed by atoms with Gasteiger partial charge in [-0.05, 0) is 31.6 Å². The third-order valence-corrected chi connectivity index (χ3v) is 3.94. The molecule has 2 aliphatic rings. The Morgan fingerprint density at radius 1 is 1.22 bits per heavy atom. The largest absolute Gasteiger partial charge is 0.481 e. The number of nitrogens with zero attached hydrogens (tertiary/aromatic N) is 1. The molecule has 100 valence electrons. The molecule has 1 aliphatic carbocycles. The first-order valence-electron chi connectivity index (χ1n) is 6.74. The number of aliphatic carboxylic acids is 1. The summed E-state index contributed by atoms with van der Waals surface area (Å²) in [4.78, 5) is 25.2. The number of hydrogen-bond donors (Lipinski definition) is 1. The van der Waals surface area contributed by atoms with Crippen LogP contribution in [0.1, 0.15) is 32.6 Å². The highest BCUT2D eigenvalue weighted by Crippen LogP contribution is 2.26. The molecule has 4 nitrogen and oxygen atoms in total. The second-order valence-corrected chi connectivity index (χ2v) is 5.60. The first kappa shape index (κ1) is 13.1. The molecule has 1 aliphatic heterocycles. The molecule has 1 saturated heterocycles. The number of rotatable bonds is 2. The van der Waals surface area contributed by atoms with Crippen LogP contribution in [0.3, 0.4) is 0 Å². The Bertz CT molecular complexity index is 364. The highest BCUT2D eigenvalue weighted by molar-refractivity contribution is 5.80. The lowest BCUT2D eigenvalue weighted by molar-refractivity contribution is -0.148. The minimum atomic E-state index is -0.775. The predicted octanol–water partition coefficient (Wildman–Crippen LogP) is 1.91. The number of allylic oxidation sites excluding steroid dienone is 2. The molecule has 3 unspecified atom stereocenters. The van der Waals surface area contributed by atoms with E-state index < -0.39 is 11.9 Å². The van der Waals surface area contributed by atoms with Crippen molar-refractivity contribution >= 4 is 11.9 Å². The number of amides is 1. The van der Waals surface area contributed by atoms with Crippen LogP contribution in [0.25, 0.3) is 0 Å². The van der Waals surface area contributed by atoms with E-state index in [-0.39, 0.29) is 17.7 Å². The summed E-state index contributed by atoms with van der Waals surface area (Å²) in [6.45, 7) is 3.12. The van der Waals surface area contributed by atoms with E-state index in [4.69, 9.17) is 5.11 Å². The fraction of sp³-hybridized carbons (Fsp3) is 0.714. The van der Waals surface area contributed by atoms with E-state index in [0.717, 1.165) is 19.3 Å². The summed E-state index contributed by atoms with van der Waals surface area (Å²) in [5.74, 6) is -0.672. The van der Waals surface area contributed by atoms with Crippen molar-refractivity contribution in [3.8, 4) is 0 Å². The van der Waals surface area contributed by atoms with Crippen molar-refractivity contribution in [3.05, 3.63) is 12.2 Å². The van der Waals surface area contributed by atoms with Crippen LogP contribution >= 0.6 is 0 Å². The fourth-order valence-corrected chi connectivity index (χ4v) is 2.99. The molecule has 0 spiro atoms. The molecule has 0 bridgehead atoms. The monoisotopic (exact) mass is 251 g/mol. The van der Waals surface area contributed by atoms with Gasteiger partial charge in [-0.3, -0.25) is 9.59 Å². The average Bonchev–Trinajstić information content (AvgIpc) is 2.38. The summed E-state index contributed by atoms with van der Waals surface area (Å²) in [6.07, 6.45) is 7.53. The van der Waals surface area contributed by atoms with E-state index in [9.17, 15) is 9.59 Å². The lowest BCUT2D eigenvalue weighted by atomic mass is 9.87. The topological polar surface area (TPSA) is 57.6 Å². The number of carboxylic acid groups (broad SMARTS) is 1. The smallest absolute Gasteiger partial charge is 0.308 e. The van der Waals surface area contributed by atoms with Gasteiger partial charge in [-0.15, -0.1) is 0 Å². The standard InChI is InChI=1S/C14H21NO3/c1-10-7-12(14(17)18)9-15(8-10)13(16)11-5-3-2-4-6-11/h2-3,10-12H,4-9H2,1H3,(H,17,18). The second kappa shape index (κ2) is 5.55. The van der Waals surface area contributed by atoms with Gasteiger partial charge in [0.25, 0.3) is 0 Å². The van der Waals surface area contributed by atoms with E-state index in [1.54, 1.807) is 4.90 Å². The van der Waals surface area contributed by atoms with Crippen molar-refractivity contribution in [2.24, 2.45) is 17.8 Å². The van der Waals surface area contributed by atoms with E-state index in [1.807, 2.05) is 6.92 Å². The van der Waals surface area contributed by atoms with Crippen molar-refractivity contribution in [1.82, 2.24) is 4.90 Å². The highest BCUT2D eigenvalue weighted by atomic mass is 16.4. The van der Waals surface area contributed by atoms with Gasteiger partial charge in [0.1, 0.15) is 0 Å². The zero-order chi connectivity index (χ0) is 13.1. The van der Waals surface area contributed by atoms with Crippen LogP contribution in [0.15, 0.2) is 12.2 Å². The Morgan fingerprint density at radius 2 is 2.00 bits per heavy atom. The first-order chi connectivity index (χ1) is 8.58. The molecule has 0 saturated carbocycles. The molecular weight excluding hydrogens is 230 g/mol. The van der Waals surface area contributed by atoms with Gasteiger partial charge in [-0.1, -0.05) is 19.1 Å². The number of carboxylic acids is 1. The third kappa shape index (κ3) is 2.92. The Balaban J connectivity index is 2.00. The van der Waals surface area contributed by atoms with Crippen LogP contribution in [0.4, 0.5) is 0 Å². The average molecular weight is 251 g/mol. The number of likely N-dealkylation sites (tertiary alicyclic amines) is 1. The van der Waals surface area contributed by atoms with Crippen LogP contribution < -0.4 is 0 Å². The normalized spacial score (nSPS) is 32.3. The lowest BCUT2D eigenvalue weighted by Gasteiger charge is -2.37. The van der Waals surface area contributed by atoms with Gasteiger partial charge < -0.3 is 10.0 Å². The molecule has 1 amide bonds. The van der Waals surface area contributed by atoms with Gasteiger partial charge in [0.2, 0.25) is 5.91 Å². The maximum Gasteiger partial charge on any atom is 0.308 e. The molecule has 1 fully saturated rings. The Labute approximate surface area is 108 Å². The molecule has 4 heteroatoms. The summed E-state index contributed by atoms with van der Waals surface area (Å²) in [5.41, 5.74) is 0. The molecule has 18 heavy (non-hydrogen) atoms. The Morgan fingerprint density at radius 3 is 2.61 bits per heavy atom. The Kier molecular flexibility index (Phi) is 4.04. The van der Waals surface area contributed by atoms with Gasteiger partial charge in [0.05, 0.1) is 5.92 Å². The highest BCUT2D eigenvalue weighted by Gasteiger charge is 2.34. The predicted molar refractivity (Wildman–Crippen MR) is 68.0 cm³/mol. The summed E-state index contributed by atoms with van der Waals surface area (Å²) in [7, 11) is 0. The third-order valence-electron chi connectivity index (χ3n) is 3.94. The Hall–Kier alpha value is -1.32. The molecule has 1 N–H and O–H groups in total. The van der Waals surface area contributed by atoms with Gasteiger partial charge in [0, 0.05) is 19.0 Å². The lowest BCUT2D eigenvalue weighted by Crippen LogP contribution is -2.47. The molecule has 1 heterocycles.